The van der Waals surface area contributed by atoms with E-state index in [4.69, 9.17) is 4.42 Å². The average Bonchev–Trinajstić information content (AvgIpc) is 3.52. The number of nitrogens with zero attached hydrogens (tertiary/aromatic N) is 1. The van der Waals surface area contributed by atoms with Crippen molar-refractivity contribution in [3.8, 4) is 0 Å². The van der Waals surface area contributed by atoms with E-state index in [1.54, 1.807) is 36.4 Å². The molecule has 1 saturated carbocycles. The zero-order valence-corrected chi connectivity index (χ0v) is 18.9. The minimum Gasteiger partial charge on any atom is -0.459 e. The second-order valence-electron chi connectivity index (χ2n) is 8.56. The van der Waals surface area contributed by atoms with Gasteiger partial charge in [0, 0.05) is 17.3 Å². The van der Waals surface area contributed by atoms with E-state index in [-0.39, 0.29) is 23.5 Å². The second-order valence-corrected chi connectivity index (χ2v) is 8.56. The van der Waals surface area contributed by atoms with Gasteiger partial charge in [-0.3, -0.25) is 19.3 Å². The number of amides is 2. The van der Waals surface area contributed by atoms with E-state index < -0.39 is 11.9 Å². The number of Topliss-reactive ketones (excluding diaryl/α,β-unsaturated/α-hetero) is 1. The summed E-state index contributed by atoms with van der Waals surface area (Å²) in [6.45, 7) is 3.45. The standard InChI is InChI=1S/C27H28N2O4/c1-18-12-14-20(15-13-18)25(26(31)28-22-8-3-4-9-22)29(27(32)24-11-6-16-33-24)23-10-5-7-21(17-23)19(2)30/h5-7,10-17,22,25H,3-4,8-9H2,1-2H3,(H,28,31). The Morgan fingerprint density at radius 2 is 1.73 bits per heavy atom. The summed E-state index contributed by atoms with van der Waals surface area (Å²) in [5.74, 6) is -0.703. The van der Waals surface area contributed by atoms with E-state index >= 15 is 0 Å². The van der Waals surface area contributed by atoms with E-state index in [0.29, 0.717) is 16.8 Å². The SMILES string of the molecule is CC(=O)c1cccc(N(C(=O)c2ccco2)C(C(=O)NC2CCCC2)c2ccc(C)cc2)c1. The second kappa shape index (κ2) is 9.86. The van der Waals surface area contributed by atoms with Gasteiger partial charge in [-0.05, 0) is 56.5 Å². The van der Waals surface area contributed by atoms with E-state index in [1.165, 1.54) is 18.1 Å². The molecule has 1 fully saturated rings. The van der Waals surface area contributed by atoms with Crippen LogP contribution in [0.4, 0.5) is 5.69 Å². The van der Waals surface area contributed by atoms with Crippen LogP contribution in [-0.2, 0) is 4.79 Å². The Bertz CT molecular complexity index is 1130. The van der Waals surface area contributed by atoms with Gasteiger partial charge in [-0.2, -0.15) is 0 Å². The van der Waals surface area contributed by atoms with Crippen molar-refractivity contribution in [1.29, 1.82) is 0 Å². The normalized spacial score (nSPS) is 14.6. The molecule has 2 amide bonds. The topological polar surface area (TPSA) is 79.6 Å². The number of carbonyl (C=O) groups is 3. The monoisotopic (exact) mass is 444 g/mol. The summed E-state index contributed by atoms with van der Waals surface area (Å²) >= 11 is 0. The molecule has 6 nitrogen and oxygen atoms in total. The first kappa shape index (κ1) is 22.5. The van der Waals surface area contributed by atoms with Crippen molar-refractivity contribution < 1.29 is 18.8 Å². The Labute approximate surface area is 193 Å². The molecule has 6 heteroatoms. The van der Waals surface area contributed by atoms with Crippen LogP contribution in [0.3, 0.4) is 0 Å². The Hall–Kier alpha value is -3.67. The van der Waals surface area contributed by atoms with Crippen molar-refractivity contribution in [3.63, 3.8) is 0 Å². The lowest BCUT2D eigenvalue weighted by Gasteiger charge is -2.32. The van der Waals surface area contributed by atoms with Gasteiger partial charge in [0.05, 0.1) is 6.26 Å². The van der Waals surface area contributed by atoms with Crippen molar-refractivity contribution >= 4 is 23.3 Å². The van der Waals surface area contributed by atoms with Gasteiger partial charge in [0.2, 0.25) is 5.91 Å². The predicted octanol–water partition coefficient (Wildman–Crippen LogP) is 5.24. The number of carbonyl (C=O) groups excluding carboxylic acids is 3. The van der Waals surface area contributed by atoms with Gasteiger partial charge in [0.1, 0.15) is 6.04 Å². The van der Waals surface area contributed by atoms with Crippen LogP contribution in [0.15, 0.2) is 71.3 Å². The van der Waals surface area contributed by atoms with Crippen molar-refractivity contribution in [1.82, 2.24) is 5.32 Å². The predicted molar refractivity (Wildman–Crippen MR) is 126 cm³/mol. The summed E-state index contributed by atoms with van der Waals surface area (Å²) in [5.41, 5.74) is 2.65. The molecule has 1 atom stereocenters. The van der Waals surface area contributed by atoms with Crippen molar-refractivity contribution in [2.75, 3.05) is 4.90 Å². The summed E-state index contributed by atoms with van der Waals surface area (Å²) in [6.07, 6.45) is 5.44. The van der Waals surface area contributed by atoms with Crippen molar-refractivity contribution in [3.05, 3.63) is 89.4 Å². The molecule has 2 aromatic carbocycles. The van der Waals surface area contributed by atoms with Crippen LogP contribution >= 0.6 is 0 Å². The summed E-state index contributed by atoms with van der Waals surface area (Å²) in [7, 11) is 0. The molecule has 33 heavy (non-hydrogen) atoms. The third-order valence-corrected chi connectivity index (χ3v) is 6.08. The number of hydrogen-bond acceptors (Lipinski definition) is 4. The molecule has 1 aliphatic carbocycles. The van der Waals surface area contributed by atoms with Crippen LogP contribution in [0.5, 0.6) is 0 Å². The quantitative estimate of drug-likeness (QED) is 0.506. The minimum absolute atomic E-state index is 0.0922. The summed E-state index contributed by atoms with van der Waals surface area (Å²) in [4.78, 5) is 40.9. The van der Waals surface area contributed by atoms with Gasteiger partial charge in [-0.25, -0.2) is 0 Å². The lowest BCUT2D eigenvalue weighted by Crippen LogP contribution is -2.46. The molecule has 4 rings (SSSR count). The molecule has 0 bridgehead atoms. The van der Waals surface area contributed by atoms with E-state index in [2.05, 4.69) is 5.32 Å². The lowest BCUT2D eigenvalue weighted by molar-refractivity contribution is -0.123. The number of furan rings is 1. The largest absolute Gasteiger partial charge is 0.459 e. The van der Waals surface area contributed by atoms with Crippen molar-refractivity contribution in [2.24, 2.45) is 0 Å². The molecule has 1 N–H and O–H groups in total. The molecular formula is C27H28N2O4. The molecule has 1 aromatic heterocycles. The fraction of sp³-hybridized carbons (Fsp3) is 0.296. The Kier molecular flexibility index (Phi) is 6.73. The van der Waals surface area contributed by atoms with E-state index in [9.17, 15) is 14.4 Å². The van der Waals surface area contributed by atoms with E-state index in [1.807, 2.05) is 31.2 Å². The fourth-order valence-electron chi connectivity index (χ4n) is 4.29. The zero-order chi connectivity index (χ0) is 23.4. The highest BCUT2D eigenvalue weighted by molar-refractivity contribution is 6.09. The van der Waals surface area contributed by atoms with Gasteiger partial charge in [-0.15, -0.1) is 0 Å². The van der Waals surface area contributed by atoms with Crippen LogP contribution in [-0.4, -0.2) is 23.6 Å². The minimum atomic E-state index is -0.925. The molecule has 1 unspecified atom stereocenters. The molecule has 0 saturated heterocycles. The molecule has 0 spiro atoms. The van der Waals surface area contributed by atoms with Gasteiger partial charge in [0.25, 0.3) is 5.91 Å². The number of benzene rings is 2. The maximum Gasteiger partial charge on any atom is 0.294 e. The van der Waals surface area contributed by atoms with Crippen LogP contribution < -0.4 is 10.2 Å². The highest BCUT2D eigenvalue weighted by atomic mass is 16.3. The first-order valence-corrected chi connectivity index (χ1v) is 11.3. The zero-order valence-electron chi connectivity index (χ0n) is 18.9. The molecule has 3 aromatic rings. The third kappa shape index (κ3) is 5.06. The molecular weight excluding hydrogens is 416 g/mol. The van der Waals surface area contributed by atoms with Crippen molar-refractivity contribution in [2.45, 2.75) is 51.6 Å². The number of hydrogen-bond donors (Lipinski definition) is 1. The number of aryl methyl sites for hydroxylation is 1. The first-order chi connectivity index (χ1) is 15.9. The Morgan fingerprint density at radius 1 is 1.00 bits per heavy atom. The maximum atomic E-state index is 13.7. The molecule has 1 heterocycles. The van der Waals surface area contributed by atoms with Gasteiger partial charge in [0.15, 0.2) is 11.5 Å². The Morgan fingerprint density at radius 3 is 2.36 bits per heavy atom. The van der Waals surface area contributed by atoms with Crippen LogP contribution in [0.2, 0.25) is 0 Å². The number of rotatable bonds is 7. The third-order valence-electron chi connectivity index (χ3n) is 6.08. The van der Waals surface area contributed by atoms with Gasteiger partial charge >= 0.3 is 0 Å². The molecule has 1 aliphatic rings. The number of anilines is 1. The van der Waals surface area contributed by atoms with Crippen LogP contribution in [0.25, 0.3) is 0 Å². The molecule has 0 aliphatic heterocycles. The average molecular weight is 445 g/mol. The van der Waals surface area contributed by atoms with Crippen LogP contribution in [0, 0.1) is 6.92 Å². The highest BCUT2D eigenvalue weighted by Gasteiger charge is 2.36. The lowest BCUT2D eigenvalue weighted by atomic mass is 10.00. The summed E-state index contributed by atoms with van der Waals surface area (Å²) in [6, 6.07) is 16.7. The van der Waals surface area contributed by atoms with Gasteiger partial charge in [-0.1, -0.05) is 54.8 Å². The Balaban J connectivity index is 1.83. The summed E-state index contributed by atoms with van der Waals surface area (Å²) < 4.78 is 5.40. The fourth-order valence-corrected chi connectivity index (χ4v) is 4.29. The first-order valence-electron chi connectivity index (χ1n) is 11.3. The van der Waals surface area contributed by atoms with Crippen LogP contribution in [0.1, 0.15) is 70.7 Å². The van der Waals surface area contributed by atoms with Gasteiger partial charge < -0.3 is 9.73 Å². The molecule has 170 valence electrons. The smallest absolute Gasteiger partial charge is 0.294 e. The summed E-state index contributed by atoms with van der Waals surface area (Å²) in [5, 5.41) is 3.15. The van der Waals surface area contributed by atoms with E-state index in [0.717, 1.165) is 31.2 Å². The number of ketones is 1. The maximum absolute atomic E-state index is 13.7. The molecule has 0 radical (unpaired) electrons. The highest BCUT2D eigenvalue weighted by Crippen LogP contribution is 2.32. The number of nitrogens with one attached hydrogen (secondary N) is 1.